The van der Waals surface area contributed by atoms with Crippen LogP contribution in [0.1, 0.15) is 40.7 Å². The monoisotopic (exact) mass is 503 g/mol. The Kier molecular flexibility index (Phi) is 8.13. The molecule has 1 aromatic heterocycles. The number of hydrogen-bond donors (Lipinski definition) is 2. The van der Waals surface area contributed by atoms with Crippen LogP contribution in [0.5, 0.6) is 0 Å². The average Bonchev–Trinajstić information content (AvgIpc) is 2.94. The molecule has 0 aliphatic carbocycles. The zero-order valence-electron chi connectivity index (χ0n) is 20.5. The minimum Gasteiger partial charge on any atom is -0.356 e. The molecule has 1 unspecified atom stereocenters. The Bertz CT molecular complexity index is 1270. The van der Waals surface area contributed by atoms with Crippen molar-refractivity contribution in [2.45, 2.75) is 37.0 Å². The number of nitrogens with zero attached hydrogens (tertiary/aromatic N) is 3. The molecule has 1 aromatic carbocycles. The molecular formula is C25H31F2N5O2S. The lowest BCUT2D eigenvalue weighted by atomic mass is 10.0. The summed E-state index contributed by atoms with van der Waals surface area (Å²) in [4.78, 5) is 22.0. The zero-order valence-corrected chi connectivity index (χ0v) is 21.3. The minimum atomic E-state index is -2.96. The van der Waals surface area contributed by atoms with Gasteiger partial charge in [-0.15, -0.1) is 0 Å². The molecule has 2 heterocycles. The molecule has 0 bridgehead atoms. The summed E-state index contributed by atoms with van der Waals surface area (Å²) in [6.45, 7) is 2.74. The highest BCUT2D eigenvalue weighted by atomic mass is 32.2. The second kappa shape index (κ2) is 10.7. The Hall–Kier alpha value is -3.03. The van der Waals surface area contributed by atoms with Crippen molar-refractivity contribution < 1.29 is 17.8 Å². The van der Waals surface area contributed by atoms with Gasteiger partial charge in [-0.3, -0.25) is 9.69 Å². The predicted molar refractivity (Wildman–Crippen MR) is 135 cm³/mol. The molecule has 7 nitrogen and oxygen atoms in total. The van der Waals surface area contributed by atoms with E-state index < -0.39 is 21.6 Å². The maximum atomic E-state index is 14.0. The molecule has 1 amide bonds. The van der Waals surface area contributed by atoms with Crippen molar-refractivity contribution in [3.05, 3.63) is 47.2 Å². The number of aromatic nitrogens is 1. The second-order valence-electron chi connectivity index (χ2n) is 9.06. The van der Waals surface area contributed by atoms with E-state index in [4.69, 9.17) is 4.78 Å². The van der Waals surface area contributed by atoms with E-state index in [2.05, 4.69) is 22.1 Å². The lowest BCUT2D eigenvalue weighted by molar-refractivity contribution is -0.0102. The zero-order chi connectivity index (χ0) is 25.8. The molecule has 2 N–H and O–H groups in total. The van der Waals surface area contributed by atoms with Gasteiger partial charge in [0, 0.05) is 54.5 Å². The fourth-order valence-corrected chi connectivity index (χ4v) is 4.50. The summed E-state index contributed by atoms with van der Waals surface area (Å²) >= 11 is 0. The Morgan fingerprint density at radius 2 is 2.06 bits per heavy atom. The first-order chi connectivity index (χ1) is 16.4. The standard InChI is InChI=1S/C25H31F2N5O2S/c1-18-19(8-6-13-31(2)3)17-29-23(32-14-7-11-25(26,27)12-15-32)22(18)24(33)30-20-9-5-10-21(16-20)35(4,28)34/h5,9-10,16-17,28H,7,11-15H2,1-4H3,(H,30,33). The Labute approximate surface area is 205 Å². The molecule has 3 rings (SSSR count). The smallest absolute Gasteiger partial charge is 0.259 e. The van der Waals surface area contributed by atoms with Crippen LogP contribution >= 0.6 is 0 Å². The van der Waals surface area contributed by atoms with E-state index in [1.807, 2.05) is 19.0 Å². The molecule has 0 spiro atoms. The van der Waals surface area contributed by atoms with Gasteiger partial charge in [-0.25, -0.2) is 22.8 Å². The van der Waals surface area contributed by atoms with Crippen LogP contribution in [-0.2, 0) is 9.73 Å². The molecule has 0 saturated carbocycles. The van der Waals surface area contributed by atoms with Gasteiger partial charge in [-0.1, -0.05) is 17.9 Å². The van der Waals surface area contributed by atoms with E-state index in [0.717, 1.165) is 0 Å². The third-order valence-electron chi connectivity index (χ3n) is 5.72. The summed E-state index contributed by atoms with van der Waals surface area (Å²) in [5.74, 6) is 3.22. The summed E-state index contributed by atoms with van der Waals surface area (Å²) in [5.41, 5.74) is 1.83. The van der Waals surface area contributed by atoms with Crippen LogP contribution in [0.4, 0.5) is 20.3 Å². The molecule has 1 aliphatic rings. The number of carbonyl (C=O) groups is 1. The molecule has 1 atom stereocenters. The Morgan fingerprint density at radius 3 is 2.74 bits per heavy atom. The van der Waals surface area contributed by atoms with Crippen molar-refractivity contribution >= 4 is 27.1 Å². The van der Waals surface area contributed by atoms with Crippen LogP contribution in [0.15, 0.2) is 35.4 Å². The summed E-state index contributed by atoms with van der Waals surface area (Å²) in [7, 11) is 0.835. The van der Waals surface area contributed by atoms with E-state index in [1.54, 1.807) is 36.2 Å². The molecule has 10 heteroatoms. The highest BCUT2D eigenvalue weighted by Crippen LogP contribution is 2.32. The molecular weight excluding hydrogens is 472 g/mol. The molecule has 188 valence electrons. The van der Waals surface area contributed by atoms with Crippen molar-refractivity contribution in [2.24, 2.45) is 0 Å². The summed E-state index contributed by atoms with van der Waals surface area (Å²) in [5, 5.41) is 2.81. The molecule has 2 aromatic rings. The lowest BCUT2D eigenvalue weighted by Crippen LogP contribution is -2.30. The number of carbonyl (C=O) groups excluding carboxylic acids is 1. The second-order valence-corrected chi connectivity index (χ2v) is 11.2. The first kappa shape index (κ1) is 26.6. The quantitative estimate of drug-likeness (QED) is 0.597. The van der Waals surface area contributed by atoms with E-state index >= 15 is 0 Å². The summed E-state index contributed by atoms with van der Waals surface area (Å²) < 4.78 is 47.9. The number of alkyl halides is 2. The van der Waals surface area contributed by atoms with Gasteiger partial charge in [0.1, 0.15) is 5.82 Å². The third kappa shape index (κ3) is 6.99. The number of halogens is 2. The fraction of sp³-hybridized carbons (Fsp3) is 0.440. The van der Waals surface area contributed by atoms with Crippen molar-refractivity contribution in [1.82, 2.24) is 9.88 Å². The fourth-order valence-electron chi connectivity index (χ4n) is 3.81. The van der Waals surface area contributed by atoms with E-state index in [0.29, 0.717) is 40.6 Å². The predicted octanol–water partition coefficient (Wildman–Crippen LogP) is 4.22. The molecule has 1 saturated heterocycles. The van der Waals surface area contributed by atoms with Crippen LogP contribution in [0.3, 0.4) is 0 Å². The van der Waals surface area contributed by atoms with Gasteiger partial charge in [-0.2, -0.15) is 0 Å². The minimum absolute atomic E-state index is 0.0810. The molecule has 1 aliphatic heterocycles. The number of hydrogen-bond acceptors (Lipinski definition) is 6. The van der Waals surface area contributed by atoms with Crippen molar-refractivity contribution in [1.29, 1.82) is 4.78 Å². The highest BCUT2D eigenvalue weighted by Gasteiger charge is 2.33. The van der Waals surface area contributed by atoms with Crippen molar-refractivity contribution in [2.75, 3.05) is 50.2 Å². The lowest BCUT2D eigenvalue weighted by Gasteiger charge is -2.25. The van der Waals surface area contributed by atoms with Crippen LogP contribution in [-0.4, -0.2) is 65.9 Å². The van der Waals surface area contributed by atoms with Gasteiger partial charge in [-0.05, 0) is 51.2 Å². The van der Waals surface area contributed by atoms with Crippen LogP contribution in [0.25, 0.3) is 0 Å². The molecule has 35 heavy (non-hydrogen) atoms. The number of anilines is 2. The van der Waals surface area contributed by atoms with Crippen molar-refractivity contribution in [3.8, 4) is 11.8 Å². The van der Waals surface area contributed by atoms with Crippen LogP contribution in [0, 0.1) is 23.5 Å². The molecule has 0 radical (unpaired) electrons. The van der Waals surface area contributed by atoms with Gasteiger partial charge in [0.15, 0.2) is 0 Å². The SMILES string of the molecule is Cc1c(C#CCN(C)C)cnc(N2CCCC(F)(F)CC2)c1C(=O)Nc1cccc(S(C)(=N)=O)c1. The van der Waals surface area contributed by atoms with Crippen LogP contribution < -0.4 is 10.2 Å². The summed E-state index contributed by atoms with van der Waals surface area (Å²) in [6, 6.07) is 6.33. The average molecular weight is 504 g/mol. The Balaban J connectivity index is 2.03. The van der Waals surface area contributed by atoms with Gasteiger partial charge in [0.25, 0.3) is 5.91 Å². The number of pyridine rings is 1. The van der Waals surface area contributed by atoms with Gasteiger partial charge >= 0.3 is 0 Å². The number of rotatable bonds is 5. The van der Waals surface area contributed by atoms with Crippen LogP contribution in [0.2, 0.25) is 0 Å². The van der Waals surface area contributed by atoms with Gasteiger partial charge in [0.05, 0.1) is 21.8 Å². The van der Waals surface area contributed by atoms with E-state index in [-0.39, 0.29) is 31.4 Å². The van der Waals surface area contributed by atoms with Gasteiger partial charge < -0.3 is 10.2 Å². The first-order valence-corrected chi connectivity index (χ1v) is 13.3. The van der Waals surface area contributed by atoms with E-state index in [1.165, 1.54) is 12.3 Å². The highest BCUT2D eigenvalue weighted by molar-refractivity contribution is 7.91. The van der Waals surface area contributed by atoms with E-state index in [9.17, 15) is 17.8 Å². The maximum Gasteiger partial charge on any atom is 0.259 e. The first-order valence-electron chi connectivity index (χ1n) is 11.3. The van der Waals surface area contributed by atoms with Crippen molar-refractivity contribution in [3.63, 3.8) is 0 Å². The normalized spacial score (nSPS) is 17.2. The van der Waals surface area contributed by atoms with Gasteiger partial charge in [0.2, 0.25) is 5.92 Å². The largest absolute Gasteiger partial charge is 0.356 e. The topological polar surface area (TPSA) is 89.4 Å². The number of nitrogens with one attached hydrogen (secondary N) is 2. The summed E-state index contributed by atoms with van der Waals surface area (Å²) in [6.07, 6.45) is 2.67. The number of benzene rings is 1. The third-order valence-corrected chi connectivity index (χ3v) is 6.88. The maximum absolute atomic E-state index is 14.0. The molecule has 1 fully saturated rings. The number of amides is 1. The Morgan fingerprint density at radius 1 is 1.31 bits per heavy atom.